The Balaban J connectivity index is 1.32. The molecule has 3 heterocycles. The minimum absolute atomic E-state index is 0.0223. The molecule has 210 valence electrons. The first kappa shape index (κ1) is 27.9. The van der Waals surface area contributed by atoms with Crippen LogP contribution in [0.5, 0.6) is 0 Å². The smallest absolute Gasteiger partial charge is 0.314 e. The molecule has 2 saturated heterocycles. The molecular weight excluding hydrogens is 548 g/mol. The molecule has 0 amide bonds. The third kappa shape index (κ3) is 6.11. The van der Waals surface area contributed by atoms with Crippen LogP contribution in [0, 0.1) is 0 Å². The van der Waals surface area contributed by atoms with E-state index in [1.54, 1.807) is 48.5 Å². The maximum Gasteiger partial charge on any atom is 0.314 e. The molecule has 2 fully saturated rings. The van der Waals surface area contributed by atoms with Crippen molar-refractivity contribution in [2.45, 2.75) is 57.0 Å². The number of halogens is 3. The maximum atomic E-state index is 14.0. The zero-order valence-electron chi connectivity index (χ0n) is 21.9. The number of hydrogen-bond donors (Lipinski definition) is 0. The first-order valence-electron chi connectivity index (χ1n) is 13.1. The molecule has 5 rings (SSSR count). The third-order valence-electron chi connectivity index (χ3n) is 7.59. The van der Waals surface area contributed by atoms with Crippen LogP contribution in [0.25, 0.3) is 11.5 Å². The Kier molecular flexibility index (Phi) is 8.23. The highest BCUT2D eigenvalue weighted by molar-refractivity contribution is 7.93. The van der Waals surface area contributed by atoms with E-state index in [2.05, 4.69) is 33.8 Å². The summed E-state index contributed by atoms with van der Waals surface area (Å²) >= 11 is 6.24. The van der Waals surface area contributed by atoms with Crippen LogP contribution in [0.2, 0.25) is 5.02 Å². The summed E-state index contributed by atoms with van der Waals surface area (Å²) in [6, 6.07) is 14.6. The van der Waals surface area contributed by atoms with Crippen LogP contribution >= 0.6 is 11.6 Å². The van der Waals surface area contributed by atoms with E-state index < -0.39 is 27.6 Å². The molecule has 0 atom stereocenters. The first-order valence-corrected chi connectivity index (χ1v) is 15.0. The summed E-state index contributed by atoms with van der Waals surface area (Å²) in [6.07, 6.45) is -1.71. The van der Waals surface area contributed by atoms with Gasteiger partial charge in [0, 0.05) is 35.8 Å². The van der Waals surface area contributed by atoms with Crippen molar-refractivity contribution in [2.75, 3.05) is 30.5 Å². The van der Waals surface area contributed by atoms with Crippen molar-refractivity contribution < 1.29 is 21.6 Å². The molecule has 0 unspecified atom stereocenters. The molecular formula is C27H32ClF2N5O3S. The molecule has 39 heavy (non-hydrogen) atoms. The van der Waals surface area contributed by atoms with Gasteiger partial charge in [-0.05, 0) is 75.7 Å². The van der Waals surface area contributed by atoms with E-state index in [9.17, 15) is 17.2 Å². The highest BCUT2D eigenvalue weighted by Gasteiger charge is 2.39. The van der Waals surface area contributed by atoms with Gasteiger partial charge in [0.1, 0.15) is 0 Å². The summed E-state index contributed by atoms with van der Waals surface area (Å²) in [5, 5.41) is 6.98. The largest absolute Gasteiger partial charge is 0.415 e. The first-order chi connectivity index (χ1) is 18.6. The molecule has 2 aromatic carbocycles. The van der Waals surface area contributed by atoms with Crippen LogP contribution in [0.3, 0.4) is 0 Å². The lowest BCUT2D eigenvalue weighted by Crippen LogP contribution is -2.63. The van der Waals surface area contributed by atoms with Gasteiger partial charge in [-0.2, -0.15) is 8.78 Å². The van der Waals surface area contributed by atoms with Gasteiger partial charge in [0.05, 0.1) is 17.5 Å². The molecule has 1 aromatic heterocycles. The number of alkyl halides is 2. The summed E-state index contributed by atoms with van der Waals surface area (Å²) in [7, 11) is -3.71. The fourth-order valence-corrected chi connectivity index (χ4v) is 7.26. The van der Waals surface area contributed by atoms with E-state index in [4.69, 9.17) is 16.0 Å². The molecule has 0 spiro atoms. The molecule has 0 saturated carbocycles. The molecule has 0 bridgehead atoms. The predicted octanol–water partition coefficient (Wildman–Crippen LogP) is 5.22. The van der Waals surface area contributed by atoms with Crippen LogP contribution < -0.4 is 4.31 Å². The molecule has 3 aromatic rings. The zero-order valence-corrected chi connectivity index (χ0v) is 23.5. The number of nitrogens with zero attached hydrogens (tertiary/aromatic N) is 5. The van der Waals surface area contributed by atoms with E-state index in [0.717, 1.165) is 31.7 Å². The summed E-state index contributed by atoms with van der Waals surface area (Å²) < 4.78 is 60.1. The second-order valence-corrected chi connectivity index (χ2v) is 13.0. The Hall–Kier alpha value is -2.60. The van der Waals surface area contributed by atoms with Gasteiger partial charge < -0.3 is 4.42 Å². The van der Waals surface area contributed by atoms with Crippen molar-refractivity contribution in [1.29, 1.82) is 0 Å². The van der Waals surface area contributed by atoms with Gasteiger partial charge in [-0.15, -0.1) is 10.2 Å². The van der Waals surface area contributed by atoms with Gasteiger partial charge in [-0.25, -0.2) is 8.42 Å². The number of benzene rings is 2. The Morgan fingerprint density at radius 2 is 1.77 bits per heavy atom. The fourth-order valence-electron chi connectivity index (χ4n) is 5.18. The molecule has 0 N–H and O–H groups in total. The molecule has 2 aliphatic rings. The number of anilines is 1. The maximum absolute atomic E-state index is 14.0. The lowest BCUT2D eigenvalue weighted by molar-refractivity contribution is 0.00578. The van der Waals surface area contributed by atoms with Crippen molar-refractivity contribution >= 4 is 27.3 Å². The Bertz CT molecular complexity index is 1370. The number of likely N-dealkylation sites (tertiary alicyclic amines) is 2. The van der Waals surface area contributed by atoms with E-state index >= 15 is 0 Å². The molecule has 8 nitrogen and oxygen atoms in total. The van der Waals surface area contributed by atoms with Crippen molar-refractivity contribution in [3.05, 3.63) is 65.0 Å². The molecule has 12 heteroatoms. The minimum atomic E-state index is -3.71. The second kappa shape index (κ2) is 11.5. The van der Waals surface area contributed by atoms with Gasteiger partial charge in [0.25, 0.3) is 5.89 Å². The highest BCUT2D eigenvalue weighted by atomic mass is 35.5. The number of hydrogen-bond acceptors (Lipinski definition) is 7. The van der Waals surface area contributed by atoms with E-state index in [1.165, 1.54) is 4.31 Å². The lowest BCUT2D eigenvalue weighted by Gasteiger charge is -2.49. The Morgan fingerprint density at radius 3 is 2.36 bits per heavy atom. The molecule has 0 aliphatic carbocycles. The average molecular weight is 580 g/mol. The van der Waals surface area contributed by atoms with Gasteiger partial charge in [-0.3, -0.25) is 14.1 Å². The highest BCUT2D eigenvalue weighted by Crippen LogP contribution is 2.32. The standard InChI is InChI=1S/C27H32ClF2N5O3S/c1-18(2)34-16-23(17-34)33-12-10-24(11-13-33)39(36,37)35(22-5-3-4-21(28)14-22)15-19-6-8-20(9-7-19)26-31-32-27(38-26)25(29)30/h3-9,14,18,23-25H,10-13,15-17H2,1-2H3. The SMILES string of the molecule is CC(C)N1CC(N2CCC(S(=O)(=O)N(Cc3ccc(-c4nnc(C(F)F)o4)cc3)c3cccc(Cl)c3)CC2)C1. The molecule has 0 radical (unpaired) electrons. The minimum Gasteiger partial charge on any atom is -0.415 e. The van der Waals surface area contributed by atoms with Crippen molar-refractivity contribution in [2.24, 2.45) is 0 Å². The van der Waals surface area contributed by atoms with Crippen LogP contribution in [-0.2, 0) is 16.6 Å². The molecule has 2 aliphatic heterocycles. The van der Waals surface area contributed by atoms with E-state index in [1.807, 2.05) is 0 Å². The second-order valence-electron chi connectivity index (χ2n) is 10.4. The summed E-state index contributed by atoms with van der Waals surface area (Å²) in [5.41, 5.74) is 1.69. The van der Waals surface area contributed by atoms with E-state index in [0.29, 0.717) is 41.2 Å². The lowest BCUT2D eigenvalue weighted by atomic mass is 10.0. The van der Waals surface area contributed by atoms with Gasteiger partial charge in [0.2, 0.25) is 15.9 Å². The van der Waals surface area contributed by atoms with Crippen LogP contribution in [0.1, 0.15) is 44.6 Å². The number of rotatable bonds is 9. The topological polar surface area (TPSA) is 82.8 Å². The summed E-state index contributed by atoms with van der Waals surface area (Å²) in [4.78, 5) is 4.85. The van der Waals surface area contributed by atoms with Gasteiger partial charge in [0.15, 0.2) is 0 Å². The monoisotopic (exact) mass is 579 g/mol. The third-order valence-corrected chi connectivity index (χ3v) is 10.1. The number of aromatic nitrogens is 2. The quantitative estimate of drug-likeness (QED) is 0.344. The van der Waals surface area contributed by atoms with Crippen molar-refractivity contribution in [1.82, 2.24) is 20.0 Å². The zero-order chi connectivity index (χ0) is 27.7. The van der Waals surface area contributed by atoms with Gasteiger partial charge in [-0.1, -0.05) is 29.8 Å². The van der Waals surface area contributed by atoms with Crippen molar-refractivity contribution in [3.63, 3.8) is 0 Å². The summed E-state index contributed by atoms with van der Waals surface area (Å²) in [6.45, 7) is 8.07. The van der Waals surface area contributed by atoms with Crippen LogP contribution in [0.4, 0.5) is 14.5 Å². The normalized spacial score (nSPS) is 18.1. The van der Waals surface area contributed by atoms with E-state index in [-0.39, 0.29) is 12.4 Å². The van der Waals surface area contributed by atoms with Crippen molar-refractivity contribution in [3.8, 4) is 11.5 Å². The average Bonchev–Trinajstić information content (AvgIpc) is 3.38. The van der Waals surface area contributed by atoms with Gasteiger partial charge >= 0.3 is 6.43 Å². The Labute approximate surface area is 232 Å². The number of sulfonamides is 1. The fraction of sp³-hybridized carbons (Fsp3) is 0.481. The van der Waals surface area contributed by atoms with Crippen LogP contribution in [0.15, 0.2) is 52.9 Å². The van der Waals surface area contributed by atoms with Crippen LogP contribution in [-0.4, -0.2) is 71.9 Å². The Morgan fingerprint density at radius 1 is 1.08 bits per heavy atom. The number of piperidine rings is 1. The summed E-state index contributed by atoms with van der Waals surface area (Å²) in [5.74, 6) is -0.765. The predicted molar refractivity (Wildman–Crippen MR) is 146 cm³/mol.